The van der Waals surface area contributed by atoms with E-state index in [0.717, 1.165) is 0 Å². The molecule has 1 aromatic carbocycles. The Kier molecular flexibility index (Phi) is 5.90. The molecular formula is C17H20F4N2O3. The molecule has 0 radical (unpaired) electrons. The Morgan fingerprint density at radius 3 is 2.23 bits per heavy atom. The average molecular weight is 376 g/mol. The number of aliphatic carboxylic acids is 1. The van der Waals surface area contributed by atoms with E-state index in [4.69, 9.17) is 5.11 Å². The van der Waals surface area contributed by atoms with Crippen LogP contribution in [-0.2, 0) is 9.59 Å². The summed E-state index contributed by atoms with van der Waals surface area (Å²) in [4.78, 5) is 24.7. The predicted octanol–water partition coefficient (Wildman–Crippen LogP) is 2.59. The molecule has 1 aromatic rings. The summed E-state index contributed by atoms with van der Waals surface area (Å²) < 4.78 is 52.1. The third-order valence-corrected chi connectivity index (χ3v) is 4.74. The molecule has 9 heteroatoms. The number of nitrogens with zero attached hydrogens (tertiary/aromatic N) is 1. The molecule has 144 valence electrons. The molecule has 26 heavy (non-hydrogen) atoms. The zero-order chi connectivity index (χ0) is 19.6. The van der Waals surface area contributed by atoms with E-state index in [9.17, 15) is 27.2 Å². The van der Waals surface area contributed by atoms with Crippen LogP contribution in [0, 0.1) is 17.7 Å². The number of amides is 1. The Bertz CT molecular complexity index is 663. The van der Waals surface area contributed by atoms with E-state index in [-0.39, 0.29) is 6.54 Å². The molecule has 0 aromatic heterocycles. The van der Waals surface area contributed by atoms with E-state index in [1.165, 1.54) is 36.1 Å². The van der Waals surface area contributed by atoms with Crippen LogP contribution < -0.4 is 5.32 Å². The largest absolute Gasteiger partial charge is 0.481 e. The second-order valence-corrected chi connectivity index (χ2v) is 6.50. The first-order valence-corrected chi connectivity index (χ1v) is 8.10. The van der Waals surface area contributed by atoms with Crippen molar-refractivity contribution >= 4 is 11.9 Å². The average Bonchev–Trinajstić information content (AvgIpc) is 3.00. The van der Waals surface area contributed by atoms with Crippen molar-refractivity contribution in [2.24, 2.45) is 11.8 Å². The van der Waals surface area contributed by atoms with Crippen molar-refractivity contribution in [2.45, 2.75) is 32.1 Å². The van der Waals surface area contributed by atoms with Gasteiger partial charge in [0.15, 0.2) is 0 Å². The van der Waals surface area contributed by atoms with Gasteiger partial charge in [0.25, 0.3) is 0 Å². The summed E-state index contributed by atoms with van der Waals surface area (Å²) in [5, 5.41) is 11.7. The highest BCUT2D eigenvalue weighted by atomic mass is 19.4. The monoisotopic (exact) mass is 376 g/mol. The molecule has 4 atom stereocenters. The fourth-order valence-corrected chi connectivity index (χ4v) is 3.07. The zero-order valence-electron chi connectivity index (χ0n) is 14.3. The molecule has 1 aliphatic rings. The lowest BCUT2D eigenvalue weighted by molar-refractivity contribution is -0.188. The van der Waals surface area contributed by atoms with E-state index < -0.39 is 54.3 Å². The van der Waals surface area contributed by atoms with Crippen molar-refractivity contribution in [3.63, 3.8) is 0 Å². The lowest BCUT2D eigenvalue weighted by atomic mass is 9.96. The van der Waals surface area contributed by atoms with E-state index in [0.29, 0.717) is 5.56 Å². The number of rotatable bonds is 5. The Labute approximate surface area is 148 Å². The number of hydrogen-bond acceptors (Lipinski definition) is 3. The van der Waals surface area contributed by atoms with Crippen LogP contribution in [0.1, 0.15) is 25.5 Å². The Morgan fingerprint density at radius 1 is 1.19 bits per heavy atom. The smallest absolute Gasteiger partial charge is 0.393 e. The third kappa shape index (κ3) is 4.51. The predicted molar refractivity (Wildman–Crippen MR) is 84.7 cm³/mol. The van der Waals surface area contributed by atoms with Gasteiger partial charge in [-0.25, -0.2) is 4.39 Å². The van der Waals surface area contributed by atoms with Crippen molar-refractivity contribution in [3.05, 3.63) is 35.6 Å². The second-order valence-electron chi connectivity index (χ2n) is 6.50. The number of carbonyl (C=O) groups excluding carboxylic acids is 1. The maximum atomic E-state index is 13.1. The molecule has 1 fully saturated rings. The minimum atomic E-state index is -4.64. The van der Waals surface area contributed by atoms with Gasteiger partial charge in [0.05, 0.1) is 23.9 Å². The number of carboxylic acids is 1. The summed E-state index contributed by atoms with van der Waals surface area (Å²) in [6.45, 7) is 2.21. The quantitative estimate of drug-likeness (QED) is 0.775. The molecule has 0 saturated carbocycles. The van der Waals surface area contributed by atoms with Gasteiger partial charge < -0.3 is 10.4 Å². The molecule has 1 heterocycles. The molecule has 0 aliphatic carbocycles. The van der Waals surface area contributed by atoms with Gasteiger partial charge in [0, 0.05) is 13.1 Å². The van der Waals surface area contributed by atoms with Crippen molar-refractivity contribution in [1.29, 1.82) is 0 Å². The van der Waals surface area contributed by atoms with Crippen LogP contribution in [0.2, 0.25) is 0 Å². The van der Waals surface area contributed by atoms with Crippen molar-refractivity contribution in [3.8, 4) is 0 Å². The zero-order valence-corrected chi connectivity index (χ0v) is 14.3. The fourth-order valence-electron chi connectivity index (χ4n) is 3.07. The first-order chi connectivity index (χ1) is 12.0. The number of benzene rings is 1. The Hall–Kier alpha value is -2.16. The van der Waals surface area contributed by atoms with Crippen molar-refractivity contribution in [1.82, 2.24) is 10.2 Å². The first kappa shape index (κ1) is 20.2. The van der Waals surface area contributed by atoms with Gasteiger partial charge in [0.1, 0.15) is 5.82 Å². The number of halogens is 4. The molecule has 5 nitrogen and oxygen atoms in total. The van der Waals surface area contributed by atoms with Crippen molar-refractivity contribution < 1.29 is 32.3 Å². The number of nitrogens with one attached hydrogen (secondary N) is 1. The van der Waals surface area contributed by atoms with E-state index in [1.807, 2.05) is 0 Å². The highest BCUT2D eigenvalue weighted by molar-refractivity contribution is 5.82. The summed E-state index contributed by atoms with van der Waals surface area (Å²) in [7, 11) is 0. The topological polar surface area (TPSA) is 69.6 Å². The van der Waals surface area contributed by atoms with Crippen LogP contribution in [0.3, 0.4) is 0 Å². The van der Waals surface area contributed by atoms with Crippen LogP contribution in [0.15, 0.2) is 24.3 Å². The van der Waals surface area contributed by atoms with Gasteiger partial charge in [-0.15, -0.1) is 0 Å². The maximum Gasteiger partial charge on any atom is 0.393 e. The van der Waals surface area contributed by atoms with Crippen LogP contribution in [0.4, 0.5) is 17.6 Å². The summed E-state index contributed by atoms with van der Waals surface area (Å²) >= 11 is 0. The number of hydrogen-bond donors (Lipinski definition) is 2. The molecule has 2 unspecified atom stereocenters. The highest BCUT2D eigenvalue weighted by Gasteiger charge is 2.53. The highest BCUT2D eigenvalue weighted by Crippen LogP contribution is 2.38. The molecule has 1 saturated heterocycles. The van der Waals surface area contributed by atoms with Gasteiger partial charge in [-0.2, -0.15) is 13.2 Å². The van der Waals surface area contributed by atoms with Crippen LogP contribution in [0.25, 0.3) is 0 Å². The summed E-state index contributed by atoms with van der Waals surface area (Å²) in [5.41, 5.74) is 0.643. The van der Waals surface area contributed by atoms with Crippen molar-refractivity contribution in [2.75, 3.05) is 13.1 Å². The number of alkyl halides is 3. The number of likely N-dealkylation sites (tertiary alicyclic amines) is 1. The summed E-state index contributed by atoms with van der Waals surface area (Å²) in [6.07, 6.45) is -4.64. The lowest BCUT2D eigenvalue weighted by Crippen LogP contribution is -2.45. The van der Waals surface area contributed by atoms with Crippen LogP contribution in [0.5, 0.6) is 0 Å². The van der Waals surface area contributed by atoms with E-state index >= 15 is 0 Å². The minimum Gasteiger partial charge on any atom is -0.481 e. The summed E-state index contributed by atoms with van der Waals surface area (Å²) in [6, 6.07) is 4.09. The number of carbonyl (C=O) groups is 2. The molecule has 1 aliphatic heterocycles. The normalized spacial score (nSPS) is 23.5. The van der Waals surface area contributed by atoms with Gasteiger partial charge in [0.2, 0.25) is 5.91 Å². The van der Waals surface area contributed by atoms with Crippen LogP contribution in [-0.4, -0.2) is 47.2 Å². The standard InChI is InChI=1S/C17H20F4N2O3/c1-9(11-3-5-12(18)6-4-11)22-15(24)10(2)23-7-13(16(25)26)14(8-23)17(19,20)21/h3-6,9-10,13-14H,7-8H2,1-2H3,(H,22,24)(H,25,26)/t9?,10?,13-,14-/m1/s1. The Morgan fingerprint density at radius 2 is 1.77 bits per heavy atom. The number of carboxylic acid groups (broad SMARTS) is 1. The molecular weight excluding hydrogens is 356 g/mol. The summed E-state index contributed by atoms with van der Waals surface area (Å²) in [5.74, 6) is -6.07. The second kappa shape index (κ2) is 7.61. The molecule has 2 rings (SSSR count). The van der Waals surface area contributed by atoms with Gasteiger partial charge in [-0.3, -0.25) is 14.5 Å². The Balaban J connectivity index is 2.03. The first-order valence-electron chi connectivity index (χ1n) is 8.10. The molecule has 0 spiro atoms. The fraction of sp³-hybridized carbons (Fsp3) is 0.529. The maximum absolute atomic E-state index is 13.1. The minimum absolute atomic E-state index is 0.348. The lowest BCUT2D eigenvalue weighted by Gasteiger charge is -2.25. The SMILES string of the molecule is CC(NC(=O)C(C)N1C[C@@H](C(F)(F)F)[C@H](C(=O)O)C1)c1ccc(F)cc1. The molecule has 1 amide bonds. The van der Waals surface area contributed by atoms with Gasteiger partial charge >= 0.3 is 12.1 Å². The molecule has 0 bridgehead atoms. The van der Waals surface area contributed by atoms with Gasteiger partial charge in [-0.05, 0) is 31.5 Å². The van der Waals surface area contributed by atoms with E-state index in [1.54, 1.807) is 6.92 Å². The van der Waals surface area contributed by atoms with E-state index in [2.05, 4.69) is 5.32 Å². The van der Waals surface area contributed by atoms with Gasteiger partial charge in [-0.1, -0.05) is 12.1 Å². The van der Waals surface area contributed by atoms with Crippen LogP contribution >= 0.6 is 0 Å². The molecule has 2 N–H and O–H groups in total. The third-order valence-electron chi connectivity index (χ3n) is 4.74.